The van der Waals surface area contributed by atoms with Gasteiger partial charge in [-0.25, -0.2) is 4.57 Å². The molecule has 0 bridgehead atoms. The molecule has 6 heterocycles. The van der Waals surface area contributed by atoms with E-state index in [1.165, 1.54) is 0 Å². The van der Waals surface area contributed by atoms with Gasteiger partial charge in [0.2, 0.25) is 0 Å². The highest BCUT2D eigenvalue weighted by atomic mass is 31.2. The topological polar surface area (TPSA) is 532 Å². The second-order valence-corrected chi connectivity index (χ2v) is 18.2. The fourth-order valence-electron chi connectivity index (χ4n) is 8.36. The third-order valence-corrected chi connectivity index (χ3v) is 12.8. The number of ether oxygens (including phenoxy) is 11. The Morgan fingerprint density at radius 3 is 1.25 bits per heavy atom. The lowest BCUT2D eigenvalue weighted by Crippen LogP contribution is -2.68. The lowest BCUT2D eigenvalue weighted by Gasteiger charge is -2.50. The van der Waals surface area contributed by atoms with Crippen molar-refractivity contribution in [3.05, 3.63) is 0 Å². The largest absolute Gasteiger partial charge is 0.469 e. The summed E-state index contributed by atoms with van der Waals surface area (Å²) in [4.78, 5) is 18.7. The summed E-state index contributed by atoms with van der Waals surface area (Å²) in [7, 11) is -5.31. The molecule has 0 saturated carbocycles. The molecule has 6 aliphatic rings. The molecule has 404 valence electrons. The second-order valence-electron chi connectivity index (χ2n) is 16.9. The van der Waals surface area contributed by atoms with E-state index in [2.05, 4.69) is 4.52 Å². The Morgan fingerprint density at radius 1 is 0.377 bits per heavy atom. The van der Waals surface area contributed by atoms with Gasteiger partial charge in [0.25, 0.3) is 0 Å². The summed E-state index contributed by atoms with van der Waals surface area (Å²) < 4.78 is 76.9. The van der Waals surface area contributed by atoms with Crippen LogP contribution in [0.25, 0.3) is 0 Å². The van der Waals surface area contributed by atoms with E-state index in [0.717, 1.165) is 0 Å². The van der Waals surface area contributed by atoms with Crippen molar-refractivity contribution in [1.29, 1.82) is 0 Å². The third kappa shape index (κ3) is 12.6. The highest BCUT2D eigenvalue weighted by Crippen LogP contribution is 2.39. The first-order valence-corrected chi connectivity index (χ1v) is 22.8. The van der Waals surface area contributed by atoms with Gasteiger partial charge in [0.1, 0.15) is 140 Å². The summed E-state index contributed by atoms with van der Waals surface area (Å²) in [5.41, 5.74) is 0. The van der Waals surface area contributed by atoms with E-state index < -0.39 is 226 Å². The van der Waals surface area contributed by atoms with Gasteiger partial charge in [-0.3, -0.25) is 4.52 Å². The number of phosphoric acid groups is 1. The Bertz CT molecular complexity index is 1640. The van der Waals surface area contributed by atoms with Gasteiger partial charge in [-0.05, 0) is 0 Å². The standard InChI is InChI=1S/C35H61O33P/c36-1-8-14(42)18(46)29(68-31-21(49)13(41)7(40)5-57-31)35(62-8)67-27-16(44)10(3-38)61-33(23(27)51)65-26-15(43)9(2-37)60-32(22(26)50)66-28-17(45)12(6-58-69(54,55)56)63-34(24(28)52)64-25-11(4-39)59-30(53)20(48)19(25)47/h7-53H,1-6H2,(H2,54,55,56)/t7-,8-,9-,10-,11-,12-,13-,14+,15+,16+,17+,18+,19-,20+,21+,22-,23-,24-,25-,26+,27+,28+,29-,30?,31-,32+,33+,34+,35+/m1/s1. The smallest absolute Gasteiger partial charge is 0.394 e. The molecule has 0 spiro atoms. The molecular weight excluding hydrogens is 979 g/mol. The van der Waals surface area contributed by atoms with Crippen molar-refractivity contribution >= 4 is 7.82 Å². The Hall–Kier alpha value is -1.05. The summed E-state index contributed by atoms with van der Waals surface area (Å²) >= 11 is 0. The van der Waals surface area contributed by atoms with Crippen LogP contribution in [0.5, 0.6) is 0 Å². The Morgan fingerprint density at radius 2 is 0.768 bits per heavy atom. The van der Waals surface area contributed by atoms with Crippen LogP contribution in [0.2, 0.25) is 0 Å². The van der Waals surface area contributed by atoms with Gasteiger partial charge in [-0.2, -0.15) is 0 Å². The first-order valence-electron chi connectivity index (χ1n) is 21.3. The van der Waals surface area contributed by atoms with E-state index in [1.807, 2.05) is 0 Å². The molecule has 69 heavy (non-hydrogen) atoms. The van der Waals surface area contributed by atoms with E-state index in [9.17, 15) is 106 Å². The maximum absolute atomic E-state index is 11.6. The van der Waals surface area contributed by atoms with Gasteiger partial charge in [0, 0.05) is 0 Å². The first kappa shape index (κ1) is 57.2. The SMILES string of the molecule is O=P(O)(O)OC[C@H]1O[C@@H](O[C@H]2[C@H](O)[C@H](O)C(O)O[C@@H]2CO)[C@H](O)[C@@H](O[C@@H]2O[C@H](CO)[C@H](O)[C@H](O[C@@H]3O[C@H](CO)[C@H](O)[C@H](O[C@@H]4O[C@H](CO)[C@H](O)[C@H](O)[C@H]4O[C@H]4OC[C@@H](O)[C@@H](O)[C@@H]4O)[C@H]3O)[C@H]2O)[C@H]1O. The summed E-state index contributed by atoms with van der Waals surface area (Å²) in [5, 5.41) is 191. The van der Waals surface area contributed by atoms with Crippen LogP contribution in [0.1, 0.15) is 0 Å². The quantitative estimate of drug-likeness (QED) is 0.0602. The minimum Gasteiger partial charge on any atom is -0.394 e. The van der Waals surface area contributed by atoms with E-state index in [1.54, 1.807) is 0 Å². The van der Waals surface area contributed by atoms with Crippen LogP contribution in [-0.4, -0.2) is 319 Å². The van der Waals surface area contributed by atoms with Crippen molar-refractivity contribution in [2.45, 2.75) is 178 Å². The summed E-state index contributed by atoms with van der Waals surface area (Å²) in [6.07, 6.45) is -58.3. The average Bonchev–Trinajstić information content (AvgIpc) is 3.31. The summed E-state index contributed by atoms with van der Waals surface area (Å²) in [6, 6.07) is 0. The molecule has 0 aromatic rings. The average molecular weight is 1040 g/mol. The molecule has 0 aliphatic carbocycles. The first-order chi connectivity index (χ1) is 32.5. The van der Waals surface area contributed by atoms with Crippen molar-refractivity contribution in [2.75, 3.05) is 39.6 Å². The van der Waals surface area contributed by atoms with Crippen LogP contribution in [-0.2, 0) is 61.2 Å². The highest BCUT2D eigenvalue weighted by Gasteiger charge is 2.58. The monoisotopic (exact) mass is 1040 g/mol. The molecule has 0 aromatic heterocycles. The molecule has 20 N–H and O–H groups in total. The Labute approximate surface area is 388 Å². The van der Waals surface area contributed by atoms with Crippen LogP contribution in [0, 0.1) is 0 Å². The molecule has 0 amide bonds. The summed E-state index contributed by atoms with van der Waals surface area (Å²) in [6.45, 7) is -5.87. The normalized spacial score (nSPS) is 51.3. The molecule has 0 aromatic carbocycles. The zero-order chi connectivity index (χ0) is 51.0. The molecule has 6 aliphatic heterocycles. The van der Waals surface area contributed by atoms with Gasteiger partial charge < -0.3 is 154 Å². The highest BCUT2D eigenvalue weighted by molar-refractivity contribution is 7.46. The Balaban J connectivity index is 1.23. The van der Waals surface area contributed by atoms with Crippen molar-refractivity contribution < 1.29 is 163 Å². The van der Waals surface area contributed by atoms with Crippen LogP contribution >= 0.6 is 7.82 Å². The van der Waals surface area contributed by atoms with Gasteiger partial charge in [-0.1, -0.05) is 0 Å². The maximum atomic E-state index is 11.6. The van der Waals surface area contributed by atoms with E-state index in [4.69, 9.17) is 52.1 Å². The predicted octanol–water partition coefficient (Wildman–Crippen LogP) is -13.3. The van der Waals surface area contributed by atoms with Gasteiger partial charge in [0.05, 0.1) is 39.6 Å². The number of aliphatic hydroxyl groups excluding tert-OH is 18. The van der Waals surface area contributed by atoms with Crippen molar-refractivity contribution in [1.82, 2.24) is 0 Å². The Kier molecular flexibility index (Phi) is 20.0. The third-order valence-electron chi connectivity index (χ3n) is 12.3. The van der Waals surface area contributed by atoms with Crippen LogP contribution < -0.4 is 0 Å². The van der Waals surface area contributed by atoms with E-state index in [0.29, 0.717) is 0 Å². The molecule has 1 unspecified atom stereocenters. The van der Waals surface area contributed by atoms with Gasteiger partial charge in [0.15, 0.2) is 37.7 Å². The molecular formula is C35H61O33P. The molecule has 34 heteroatoms. The van der Waals surface area contributed by atoms with Crippen molar-refractivity contribution in [3.8, 4) is 0 Å². The number of aliphatic hydroxyl groups is 18. The minimum absolute atomic E-state index is 0.591. The van der Waals surface area contributed by atoms with Gasteiger partial charge >= 0.3 is 7.82 Å². The van der Waals surface area contributed by atoms with Gasteiger partial charge in [-0.15, -0.1) is 0 Å². The van der Waals surface area contributed by atoms with E-state index >= 15 is 0 Å². The molecule has 6 fully saturated rings. The molecule has 33 nitrogen and oxygen atoms in total. The summed E-state index contributed by atoms with van der Waals surface area (Å²) in [5.74, 6) is 0. The number of hydrogen-bond acceptors (Lipinski definition) is 31. The number of phosphoric ester groups is 1. The molecule has 0 radical (unpaired) electrons. The van der Waals surface area contributed by atoms with Crippen LogP contribution in [0.4, 0.5) is 0 Å². The zero-order valence-corrected chi connectivity index (χ0v) is 36.6. The lowest BCUT2D eigenvalue weighted by molar-refractivity contribution is -0.400. The van der Waals surface area contributed by atoms with Crippen molar-refractivity contribution in [2.24, 2.45) is 0 Å². The number of rotatable bonds is 17. The maximum Gasteiger partial charge on any atom is 0.469 e. The van der Waals surface area contributed by atoms with Crippen LogP contribution in [0.15, 0.2) is 0 Å². The van der Waals surface area contributed by atoms with Crippen LogP contribution in [0.3, 0.4) is 0 Å². The molecule has 29 atom stereocenters. The zero-order valence-electron chi connectivity index (χ0n) is 35.7. The minimum atomic E-state index is -5.31. The van der Waals surface area contributed by atoms with Crippen molar-refractivity contribution in [3.63, 3.8) is 0 Å². The molecule has 6 saturated heterocycles. The van der Waals surface area contributed by atoms with E-state index in [-0.39, 0.29) is 0 Å². The fraction of sp³-hybridized carbons (Fsp3) is 1.00. The lowest BCUT2D eigenvalue weighted by atomic mass is 9.95. The second kappa shape index (κ2) is 24.1. The predicted molar refractivity (Wildman–Crippen MR) is 204 cm³/mol. The fourth-order valence-corrected chi connectivity index (χ4v) is 8.70. The number of hydrogen-bond donors (Lipinski definition) is 20. The molecule has 6 rings (SSSR count).